The summed E-state index contributed by atoms with van der Waals surface area (Å²) in [5, 5.41) is 3.24. The van der Waals surface area contributed by atoms with Crippen LogP contribution in [0.25, 0.3) is 0 Å². The smallest absolute Gasteiger partial charge is 0.276 e. The molecule has 0 bridgehead atoms. The number of hydrogen-bond acceptors (Lipinski definition) is 4. The first-order chi connectivity index (χ1) is 13.5. The molecule has 148 valence electrons. The van der Waals surface area contributed by atoms with Crippen LogP contribution in [0.4, 0.5) is 0 Å². The number of carbonyl (C=O) groups is 2. The highest BCUT2D eigenvalue weighted by Crippen LogP contribution is 2.39. The Morgan fingerprint density at radius 1 is 1.32 bits per heavy atom. The third-order valence-corrected chi connectivity index (χ3v) is 6.07. The van der Waals surface area contributed by atoms with Crippen LogP contribution in [-0.4, -0.2) is 39.3 Å². The van der Waals surface area contributed by atoms with Gasteiger partial charge in [-0.15, -0.1) is 0 Å². The lowest BCUT2D eigenvalue weighted by Gasteiger charge is -2.38. The Kier molecular flexibility index (Phi) is 4.96. The van der Waals surface area contributed by atoms with Crippen LogP contribution in [0.15, 0.2) is 41.0 Å². The second-order valence-corrected chi connectivity index (χ2v) is 8.24. The van der Waals surface area contributed by atoms with Crippen molar-refractivity contribution in [1.29, 1.82) is 0 Å². The molecule has 2 aromatic rings. The largest absolute Gasteiger partial charge is 0.448 e. The molecule has 0 saturated carbocycles. The van der Waals surface area contributed by atoms with Crippen LogP contribution in [0.3, 0.4) is 0 Å². The van der Waals surface area contributed by atoms with Gasteiger partial charge in [0.05, 0.1) is 11.6 Å². The maximum absolute atomic E-state index is 13.4. The minimum absolute atomic E-state index is 0.000283. The number of aryl methyl sites for hydroxylation is 1. The second-order valence-electron chi connectivity index (χ2n) is 8.24. The highest BCUT2D eigenvalue weighted by molar-refractivity contribution is 5.93. The number of nitrogens with one attached hydrogen (secondary N) is 1. The van der Waals surface area contributed by atoms with Crippen molar-refractivity contribution in [3.8, 4) is 0 Å². The van der Waals surface area contributed by atoms with E-state index in [1.807, 2.05) is 23.1 Å². The minimum atomic E-state index is -0.425. The highest BCUT2D eigenvalue weighted by atomic mass is 16.3. The summed E-state index contributed by atoms with van der Waals surface area (Å²) in [4.78, 5) is 32.0. The summed E-state index contributed by atoms with van der Waals surface area (Å²) in [7, 11) is 0. The number of hydrogen-bond donors (Lipinski definition) is 1. The summed E-state index contributed by atoms with van der Waals surface area (Å²) in [6.45, 7) is 3.82. The normalized spacial score (nSPS) is 27.6. The van der Waals surface area contributed by atoms with Crippen LogP contribution in [0.1, 0.15) is 61.0 Å². The Labute approximate surface area is 165 Å². The van der Waals surface area contributed by atoms with Gasteiger partial charge in [-0.25, -0.2) is 4.98 Å². The molecule has 1 N–H and O–H groups in total. The van der Waals surface area contributed by atoms with Gasteiger partial charge in [-0.3, -0.25) is 9.59 Å². The SMILES string of the molecule is Cc1nc(C(=O)N2[C@H](Cc3ccccc3)C[C@]3(C)NC(=O)CCCC[C@H]23)co1. The van der Waals surface area contributed by atoms with Crippen molar-refractivity contribution in [2.45, 2.75) is 70.0 Å². The van der Waals surface area contributed by atoms with Crippen molar-refractivity contribution in [3.63, 3.8) is 0 Å². The zero-order valence-corrected chi connectivity index (χ0v) is 16.5. The van der Waals surface area contributed by atoms with Gasteiger partial charge in [0, 0.05) is 19.4 Å². The van der Waals surface area contributed by atoms with Gasteiger partial charge in [0.25, 0.3) is 5.91 Å². The number of amides is 2. The number of rotatable bonds is 3. The third-order valence-electron chi connectivity index (χ3n) is 6.07. The first-order valence-electron chi connectivity index (χ1n) is 10.1. The number of nitrogens with zero attached hydrogens (tertiary/aromatic N) is 2. The molecule has 2 amide bonds. The summed E-state index contributed by atoms with van der Waals surface area (Å²) in [6, 6.07) is 10.2. The maximum atomic E-state index is 13.4. The minimum Gasteiger partial charge on any atom is -0.448 e. The van der Waals surface area contributed by atoms with Crippen molar-refractivity contribution in [2.24, 2.45) is 0 Å². The Morgan fingerprint density at radius 3 is 2.82 bits per heavy atom. The first-order valence-corrected chi connectivity index (χ1v) is 10.1. The van der Waals surface area contributed by atoms with Crippen molar-refractivity contribution in [3.05, 3.63) is 53.7 Å². The van der Waals surface area contributed by atoms with E-state index in [0.29, 0.717) is 18.0 Å². The van der Waals surface area contributed by atoms with E-state index in [2.05, 4.69) is 29.4 Å². The van der Waals surface area contributed by atoms with E-state index in [-0.39, 0.29) is 23.9 Å². The Bertz CT molecular complexity index is 863. The third kappa shape index (κ3) is 3.55. The summed E-state index contributed by atoms with van der Waals surface area (Å²) >= 11 is 0. The van der Waals surface area contributed by atoms with Crippen LogP contribution < -0.4 is 5.32 Å². The second kappa shape index (κ2) is 7.41. The molecule has 1 aromatic carbocycles. The fraction of sp³-hybridized carbons (Fsp3) is 0.500. The molecular weight excluding hydrogens is 354 g/mol. The molecule has 4 rings (SSSR count). The number of likely N-dealkylation sites (tertiary alicyclic amines) is 1. The van der Waals surface area contributed by atoms with E-state index in [0.717, 1.165) is 32.1 Å². The van der Waals surface area contributed by atoms with Crippen LogP contribution in [0.2, 0.25) is 0 Å². The molecule has 28 heavy (non-hydrogen) atoms. The van der Waals surface area contributed by atoms with Gasteiger partial charge in [-0.2, -0.15) is 0 Å². The zero-order chi connectivity index (χ0) is 19.7. The molecule has 1 aromatic heterocycles. The molecule has 6 nitrogen and oxygen atoms in total. The maximum Gasteiger partial charge on any atom is 0.276 e. The van der Waals surface area contributed by atoms with Gasteiger partial charge in [0.1, 0.15) is 6.26 Å². The van der Waals surface area contributed by atoms with E-state index in [9.17, 15) is 9.59 Å². The Hall–Kier alpha value is -2.63. The average molecular weight is 381 g/mol. The quantitative estimate of drug-likeness (QED) is 0.885. The lowest BCUT2D eigenvalue weighted by atomic mass is 9.85. The number of aromatic nitrogens is 1. The molecule has 0 spiro atoms. The number of fused-ring (bicyclic) bond motifs is 1. The van der Waals surface area contributed by atoms with Crippen LogP contribution in [-0.2, 0) is 11.2 Å². The number of benzene rings is 1. The molecule has 6 heteroatoms. The highest BCUT2D eigenvalue weighted by Gasteiger charge is 2.52. The molecule has 3 heterocycles. The lowest BCUT2D eigenvalue weighted by Crippen LogP contribution is -2.56. The zero-order valence-electron chi connectivity index (χ0n) is 16.5. The van der Waals surface area contributed by atoms with Gasteiger partial charge in [-0.1, -0.05) is 36.8 Å². The van der Waals surface area contributed by atoms with E-state index in [4.69, 9.17) is 4.42 Å². The van der Waals surface area contributed by atoms with Crippen molar-refractivity contribution >= 4 is 11.8 Å². The number of oxazole rings is 1. The molecule has 2 fully saturated rings. The standard InChI is InChI=1S/C22H27N3O3/c1-15-23-18(14-28-15)21(27)25-17(12-16-8-4-3-5-9-16)13-22(2)19(25)10-6-7-11-20(26)24-22/h3-5,8-9,14,17,19H,6-7,10-13H2,1-2H3,(H,24,26)/t17-,19+,22+/m1/s1. The van der Waals surface area contributed by atoms with E-state index in [1.54, 1.807) is 6.92 Å². The summed E-state index contributed by atoms with van der Waals surface area (Å²) < 4.78 is 5.29. The van der Waals surface area contributed by atoms with Crippen LogP contribution in [0, 0.1) is 6.92 Å². The lowest BCUT2D eigenvalue weighted by molar-refractivity contribution is -0.123. The predicted molar refractivity (Wildman–Crippen MR) is 105 cm³/mol. The fourth-order valence-corrected chi connectivity index (χ4v) is 4.84. The summed E-state index contributed by atoms with van der Waals surface area (Å²) in [5.74, 6) is 0.453. The van der Waals surface area contributed by atoms with E-state index >= 15 is 0 Å². The average Bonchev–Trinajstić information content (AvgIpc) is 3.19. The van der Waals surface area contributed by atoms with Gasteiger partial charge in [0.2, 0.25) is 5.91 Å². The molecule has 2 aliphatic heterocycles. The molecule has 0 radical (unpaired) electrons. The van der Waals surface area contributed by atoms with Crippen molar-refractivity contribution < 1.29 is 14.0 Å². The molecule has 0 unspecified atom stereocenters. The van der Waals surface area contributed by atoms with Gasteiger partial charge in [0.15, 0.2) is 11.6 Å². The molecule has 2 aliphatic rings. The monoisotopic (exact) mass is 381 g/mol. The van der Waals surface area contributed by atoms with Gasteiger partial charge >= 0.3 is 0 Å². The van der Waals surface area contributed by atoms with Crippen molar-refractivity contribution in [1.82, 2.24) is 15.2 Å². The van der Waals surface area contributed by atoms with E-state index < -0.39 is 5.54 Å². The molecule has 0 aliphatic carbocycles. The van der Waals surface area contributed by atoms with E-state index in [1.165, 1.54) is 11.8 Å². The molecular formula is C22H27N3O3. The molecule has 3 atom stereocenters. The summed E-state index contributed by atoms with van der Waals surface area (Å²) in [6.07, 6.45) is 6.16. The van der Waals surface area contributed by atoms with Crippen LogP contribution in [0.5, 0.6) is 0 Å². The number of carbonyl (C=O) groups excluding carboxylic acids is 2. The van der Waals surface area contributed by atoms with Crippen molar-refractivity contribution in [2.75, 3.05) is 0 Å². The van der Waals surface area contributed by atoms with Gasteiger partial charge < -0.3 is 14.6 Å². The Morgan fingerprint density at radius 2 is 2.11 bits per heavy atom. The Balaban J connectivity index is 1.69. The first kappa shape index (κ1) is 18.7. The fourth-order valence-electron chi connectivity index (χ4n) is 4.84. The van der Waals surface area contributed by atoms with Crippen LogP contribution >= 0.6 is 0 Å². The topological polar surface area (TPSA) is 75.4 Å². The summed E-state index contributed by atoms with van der Waals surface area (Å²) in [5.41, 5.74) is 1.10. The predicted octanol–water partition coefficient (Wildman–Crippen LogP) is 3.26. The molecule has 2 saturated heterocycles. The van der Waals surface area contributed by atoms with Gasteiger partial charge in [-0.05, 0) is 38.2 Å².